The summed E-state index contributed by atoms with van der Waals surface area (Å²) in [4.78, 5) is 0. The van der Waals surface area contributed by atoms with Crippen LogP contribution in [0.1, 0.15) is 20.8 Å². The molecule has 0 radical (unpaired) electrons. The second kappa shape index (κ2) is 4.76. The van der Waals surface area contributed by atoms with Crippen molar-refractivity contribution in [3.63, 3.8) is 0 Å². The van der Waals surface area contributed by atoms with Crippen molar-refractivity contribution in [1.29, 1.82) is 0 Å². The largest absolute Gasteiger partial charge is 0.408 e. The van der Waals surface area contributed by atoms with Crippen molar-refractivity contribution in [2.75, 3.05) is 5.32 Å². The van der Waals surface area contributed by atoms with Gasteiger partial charge in [-0.25, -0.2) is 0 Å². The summed E-state index contributed by atoms with van der Waals surface area (Å²) in [5.74, 6) is 0.873. The average Bonchev–Trinajstić information content (AvgIpc) is 2.49. The van der Waals surface area contributed by atoms with Crippen LogP contribution in [0.25, 0.3) is 0 Å². The zero-order valence-electron chi connectivity index (χ0n) is 9.54. The van der Waals surface area contributed by atoms with Crippen LogP contribution in [0.4, 0.5) is 19.0 Å². The lowest BCUT2D eigenvalue weighted by molar-refractivity contribution is -0.142. The van der Waals surface area contributed by atoms with Crippen LogP contribution < -0.4 is 5.32 Å². The number of rotatable bonds is 4. The SMILES string of the molecule is CC(C)C(C)Nc1ccn(CC(F)(F)F)n1. The van der Waals surface area contributed by atoms with Gasteiger partial charge >= 0.3 is 6.18 Å². The second-order valence-electron chi connectivity index (χ2n) is 4.19. The van der Waals surface area contributed by atoms with Crippen LogP contribution in [-0.4, -0.2) is 22.0 Å². The first kappa shape index (κ1) is 12.9. The van der Waals surface area contributed by atoms with Gasteiger partial charge in [0, 0.05) is 18.3 Å². The van der Waals surface area contributed by atoms with E-state index in [1.165, 1.54) is 6.20 Å². The molecule has 1 N–H and O–H groups in total. The van der Waals surface area contributed by atoms with Gasteiger partial charge in [0.25, 0.3) is 0 Å². The van der Waals surface area contributed by atoms with E-state index in [0.29, 0.717) is 11.7 Å². The van der Waals surface area contributed by atoms with Gasteiger partial charge in [0.1, 0.15) is 12.4 Å². The number of halogens is 3. The van der Waals surface area contributed by atoms with E-state index in [1.54, 1.807) is 6.07 Å². The Kier molecular flexibility index (Phi) is 3.83. The van der Waals surface area contributed by atoms with Gasteiger partial charge < -0.3 is 5.32 Å². The topological polar surface area (TPSA) is 29.9 Å². The molecule has 1 rings (SSSR count). The Labute approximate surface area is 92.6 Å². The van der Waals surface area contributed by atoms with Gasteiger partial charge in [-0.3, -0.25) is 4.68 Å². The maximum Gasteiger partial charge on any atom is 0.408 e. The van der Waals surface area contributed by atoms with E-state index in [0.717, 1.165) is 4.68 Å². The molecule has 1 unspecified atom stereocenters. The Morgan fingerprint density at radius 2 is 2.00 bits per heavy atom. The standard InChI is InChI=1S/C10H16F3N3/c1-7(2)8(3)14-9-4-5-16(15-9)6-10(11,12)13/h4-5,7-8H,6H2,1-3H3,(H,14,15). The molecule has 0 amide bonds. The molecule has 0 aliphatic heterocycles. The predicted octanol–water partition coefficient (Wildman–Crippen LogP) is 2.90. The Balaban J connectivity index is 2.58. The van der Waals surface area contributed by atoms with Crippen LogP contribution >= 0.6 is 0 Å². The molecule has 0 aliphatic rings. The smallest absolute Gasteiger partial charge is 0.366 e. The fourth-order valence-electron chi connectivity index (χ4n) is 1.11. The van der Waals surface area contributed by atoms with Crippen molar-refractivity contribution >= 4 is 5.82 Å². The first-order chi connectivity index (χ1) is 7.28. The molecule has 0 saturated heterocycles. The fraction of sp³-hybridized carbons (Fsp3) is 0.700. The molecular formula is C10H16F3N3. The minimum absolute atomic E-state index is 0.175. The lowest BCUT2D eigenvalue weighted by Crippen LogP contribution is -2.22. The Bertz CT molecular complexity index is 330. The molecule has 0 aliphatic carbocycles. The van der Waals surface area contributed by atoms with E-state index in [9.17, 15) is 13.2 Å². The number of alkyl halides is 3. The number of anilines is 1. The third-order valence-electron chi connectivity index (χ3n) is 2.36. The molecule has 1 heterocycles. The van der Waals surface area contributed by atoms with Crippen molar-refractivity contribution in [2.24, 2.45) is 5.92 Å². The summed E-state index contributed by atoms with van der Waals surface area (Å²) in [5.41, 5.74) is 0. The minimum Gasteiger partial charge on any atom is -0.366 e. The summed E-state index contributed by atoms with van der Waals surface area (Å²) in [6, 6.07) is 1.72. The van der Waals surface area contributed by atoms with E-state index in [2.05, 4.69) is 10.4 Å². The molecule has 16 heavy (non-hydrogen) atoms. The van der Waals surface area contributed by atoms with E-state index in [4.69, 9.17) is 0 Å². The highest BCUT2D eigenvalue weighted by molar-refractivity contribution is 5.33. The fourth-order valence-corrected chi connectivity index (χ4v) is 1.11. The highest BCUT2D eigenvalue weighted by atomic mass is 19.4. The normalized spacial score (nSPS) is 14.2. The van der Waals surface area contributed by atoms with E-state index >= 15 is 0 Å². The van der Waals surface area contributed by atoms with Gasteiger partial charge in [-0.15, -0.1) is 0 Å². The molecule has 6 heteroatoms. The van der Waals surface area contributed by atoms with Crippen molar-refractivity contribution in [3.05, 3.63) is 12.3 Å². The number of aromatic nitrogens is 2. The Morgan fingerprint density at radius 3 is 2.50 bits per heavy atom. The average molecular weight is 235 g/mol. The third-order valence-corrected chi connectivity index (χ3v) is 2.36. The number of hydrogen-bond acceptors (Lipinski definition) is 2. The second-order valence-corrected chi connectivity index (χ2v) is 4.19. The van der Waals surface area contributed by atoms with Crippen molar-refractivity contribution < 1.29 is 13.2 Å². The van der Waals surface area contributed by atoms with Crippen LogP contribution in [0.3, 0.4) is 0 Å². The molecule has 0 bridgehead atoms. The Hall–Kier alpha value is -1.20. The molecule has 1 atom stereocenters. The summed E-state index contributed by atoms with van der Waals surface area (Å²) in [7, 11) is 0. The molecule has 0 fully saturated rings. The van der Waals surface area contributed by atoms with Crippen molar-refractivity contribution in [2.45, 2.75) is 39.5 Å². The predicted molar refractivity (Wildman–Crippen MR) is 56.2 cm³/mol. The molecular weight excluding hydrogens is 219 g/mol. The van der Waals surface area contributed by atoms with Gasteiger partial charge in [-0.05, 0) is 12.8 Å². The highest BCUT2D eigenvalue weighted by Crippen LogP contribution is 2.18. The van der Waals surface area contributed by atoms with Gasteiger partial charge in [0.05, 0.1) is 0 Å². The quantitative estimate of drug-likeness (QED) is 0.869. The van der Waals surface area contributed by atoms with E-state index in [-0.39, 0.29) is 6.04 Å². The highest BCUT2D eigenvalue weighted by Gasteiger charge is 2.28. The molecule has 0 saturated carbocycles. The van der Waals surface area contributed by atoms with E-state index in [1.807, 2.05) is 20.8 Å². The zero-order chi connectivity index (χ0) is 12.3. The molecule has 1 aromatic heterocycles. The number of nitrogens with one attached hydrogen (secondary N) is 1. The van der Waals surface area contributed by atoms with Crippen LogP contribution in [0, 0.1) is 5.92 Å². The summed E-state index contributed by atoms with van der Waals surface area (Å²) < 4.78 is 37.1. The van der Waals surface area contributed by atoms with Crippen LogP contribution in [0.2, 0.25) is 0 Å². The monoisotopic (exact) mass is 235 g/mol. The Morgan fingerprint density at radius 1 is 1.38 bits per heavy atom. The summed E-state index contributed by atoms with van der Waals surface area (Å²) in [5, 5.41) is 6.85. The molecule has 0 spiro atoms. The summed E-state index contributed by atoms with van der Waals surface area (Å²) in [6.07, 6.45) is -2.91. The third kappa shape index (κ3) is 4.12. The maximum absolute atomic E-state index is 12.1. The van der Waals surface area contributed by atoms with Gasteiger partial charge in [-0.2, -0.15) is 18.3 Å². The maximum atomic E-state index is 12.1. The minimum atomic E-state index is -4.23. The first-order valence-electron chi connectivity index (χ1n) is 5.14. The first-order valence-corrected chi connectivity index (χ1v) is 5.14. The van der Waals surface area contributed by atoms with Gasteiger partial charge in [-0.1, -0.05) is 13.8 Å². The van der Waals surface area contributed by atoms with Gasteiger partial charge in [0.2, 0.25) is 0 Å². The molecule has 1 aromatic rings. The van der Waals surface area contributed by atoms with Crippen molar-refractivity contribution in [1.82, 2.24) is 9.78 Å². The van der Waals surface area contributed by atoms with Gasteiger partial charge in [0.15, 0.2) is 0 Å². The van der Waals surface area contributed by atoms with Crippen LogP contribution in [0.5, 0.6) is 0 Å². The summed E-state index contributed by atoms with van der Waals surface area (Å²) in [6.45, 7) is 4.98. The van der Waals surface area contributed by atoms with Crippen LogP contribution in [0.15, 0.2) is 12.3 Å². The molecule has 92 valence electrons. The molecule has 0 aromatic carbocycles. The number of hydrogen-bond donors (Lipinski definition) is 1. The number of nitrogens with zero attached hydrogens (tertiary/aromatic N) is 2. The lowest BCUT2D eigenvalue weighted by atomic mass is 10.1. The van der Waals surface area contributed by atoms with E-state index < -0.39 is 12.7 Å². The lowest BCUT2D eigenvalue weighted by Gasteiger charge is -2.16. The molecule has 3 nitrogen and oxygen atoms in total. The van der Waals surface area contributed by atoms with Crippen LogP contribution in [-0.2, 0) is 6.54 Å². The zero-order valence-corrected chi connectivity index (χ0v) is 9.54. The van der Waals surface area contributed by atoms with Crippen molar-refractivity contribution in [3.8, 4) is 0 Å². The summed E-state index contributed by atoms with van der Waals surface area (Å²) >= 11 is 0.